The van der Waals surface area contributed by atoms with Crippen LogP contribution in [0.25, 0.3) is 0 Å². The van der Waals surface area contributed by atoms with E-state index in [0.717, 1.165) is 19.6 Å². The van der Waals surface area contributed by atoms with Gasteiger partial charge in [0.2, 0.25) is 0 Å². The van der Waals surface area contributed by atoms with Crippen LogP contribution in [0.15, 0.2) is 0 Å². The molecule has 114 valence electrons. The first-order valence-electron chi connectivity index (χ1n) is 7.80. The fourth-order valence-electron chi connectivity index (χ4n) is 3.58. The van der Waals surface area contributed by atoms with Gasteiger partial charge in [0, 0.05) is 19.1 Å². The predicted molar refractivity (Wildman–Crippen MR) is 82.4 cm³/mol. The highest BCUT2D eigenvalue weighted by Gasteiger charge is 2.41. The van der Waals surface area contributed by atoms with Crippen LogP contribution in [0, 0.1) is 11.3 Å². The van der Waals surface area contributed by atoms with Crippen molar-refractivity contribution in [3.63, 3.8) is 0 Å². The minimum Gasteiger partial charge on any atom is -0.389 e. The van der Waals surface area contributed by atoms with Crippen molar-refractivity contribution in [1.29, 1.82) is 0 Å². The summed E-state index contributed by atoms with van der Waals surface area (Å²) < 4.78 is 0. The summed E-state index contributed by atoms with van der Waals surface area (Å²) >= 11 is 0. The van der Waals surface area contributed by atoms with Gasteiger partial charge < -0.3 is 15.3 Å². The van der Waals surface area contributed by atoms with Gasteiger partial charge in [-0.1, -0.05) is 20.8 Å². The highest BCUT2D eigenvalue weighted by molar-refractivity contribution is 4.97. The smallest absolute Gasteiger partial charge is 0.0718 e. The summed E-state index contributed by atoms with van der Waals surface area (Å²) in [7, 11) is 2.13. The number of rotatable bonds is 7. The van der Waals surface area contributed by atoms with Gasteiger partial charge in [-0.15, -0.1) is 0 Å². The molecule has 1 aliphatic carbocycles. The Morgan fingerprint density at radius 1 is 1.37 bits per heavy atom. The SMILES string of the molecule is CCCNC1C(CN(C)CC(C)(C)O)CCC1(C)C. The van der Waals surface area contributed by atoms with Gasteiger partial charge in [0.15, 0.2) is 0 Å². The molecule has 2 atom stereocenters. The van der Waals surface area contributed by atoms with E-state index in [9.17, 15) is 5.11 Å². The van der Waals surface area contributed by atoms with Crippen molar-refractivity contribution in [3.05, 3.63) is 0 Å². The van der Waals surface area contributed by atoms with Gasteiger partial charge in [0.25, 0.3) is 0 Å². The Bertz CT molecular complexity index is 270. The molecule has 1 saturated carbocycles. The molecule has 3 heteroatoms. The van der Waals surface area contributed by atoms with E-state index in [1.165, 1.54) is 19.3 Å². The van der Waals surface area contributed by atoms with Crippen LogP contribution in [0.3, 0.4) is 0 Å². The highest BCUT2D eigenvalue weighted by atomic mass is 16.3. The Balaban J connectivity index is 2.56. The third kappa shape index (κ3) is 5.41. The van der Waals surface area contributed by atoms with Crippen LogP contribution in [0.4, 0.5) is 0 Å². The zero-order chi connectivity index (χ0) is 14.7. The Hall–Kier alpha value is -0.120. The monoisotopic (exact) mass is 270 g/mol. The third-order valence-corrected chi connectivity index (χ3v) is 4.29. The normalized spacial score (nSPS) is 27.2. The molecule has 0 spiro atoms. The maximum absolute atomic E-state index is 9.91. The first-order valence-corrected chi connectivity index (χ1v) is 7.80. The van der Waals surface area contributed by atoms with Gasteiger partial charge in [0.1, 0.15) is 0 Å². The van der Waals surface area contributed by atoms with E-state index in [1.54, 1.807) is 0 Å². The number of likely N-dealkylation sites (N-methyl/N-ethyl adjacent to an activating group) is 1. The lowest BCUT2D eigenvalue weighted by Crippen LogP contribution is -2.47. The van der Waals surface area contributed by atoms with Crippen molar-refractivity contribution in [2.24, 2.45) is 11.3 Å². The van der Waals surface area contributed by atoms with E-state index < -0.39 is 5.60 Å². The summed E-state index contributed by atoms with van der Waals surface area (Å²) in [5.41, 5.74) is -0.204. The van der Waals surface area contributed by atoms with Crippen molar-refractivity contribution in [1.82, 2.24) is 10.2 Å². The molecule has 0 heterocycles. The molecule has 2 N–H and O–H groups in total. The summed E-state index contributed by atoms with van der Waals surface area (Å²) in [6.45, 7) is 13.7. The minimum absolute atomic E-state index is 0.398. The van der Waals surface area contributed by atoms with E-state index in [0.29, 0.717) is 17.4 Å². The second kappa shape index (κ2) is 6.55. The average Bonchev–Trinajstić information content (AvgIpc) is 2.49. The van der Waals surface area contributed by atoms with E-state index in [-0.39, 0.29) is 0 Å². The third-order valence-electron chi connectivity index (χ3n) is 4.29. The number of aliphatic hydroxyl groups is 1. The lowest BCUT2D eigenvalue weighted by Gasteiger charge is -2.34. The summed E-state index contributed by atoms with van der Waals surface area (Å²) in [5.74, 6) is 0.703. The molecule has 0 aromatic carbocycles. The van der Waals surface area contributed by atoms with Crippen LogP contribution in [-0.2, 0) is 0 Å². The van der Waals surface area contributed by atoms with Gasteiger partial charge in [0.05, 0.1) is 5.60 Å². The maximum Gasteiger partial charge on any atom is 0.0718 e. The fourth-order valence-corrected chi connectivity index (χ4v) is 3.58. The Morgan fingerprint density at radius 2 is 2.00 bits per heavy atom. The Morgan fingerprint density at radius 3 is 2.53 bits per heavy atom. The van der Waals surface area contributed by atoms with Crippen molar-refractivity contribution in [3.8, 4) is 0 Å². The number of hydrogen-bond acceptors (Lipinski definition) is 3. The summed E-state index contributed by atoms with van der Waals surface area (Å²) in [5, 5.41) is 13.7. The number of hydrogen-bond donors (Lipinski definition) is 2. The fraction of sp³-hybridized carbons (Fsp3) is 1.00. The zero-order valence-electron chi connectivity index (χ0n) is 13.8. The van der Waals surface area contributed by atoms with Crippen molar-refractivity contribution < 1.29 is 5.11 Å². The molecule has 0 amide bonds. The van der Waals surface area contributed by atoms with Crippen LogP contribution in [0.5, 0.6) is 0 Å². The molecule has 0 saturated heterocycles. The molecule has 2 unspecified atom stereocenters. The van der Waals surface area contributed by atoms with Gasteiger partial charge in [-0.3, -0.25) is 0 Å². The Labute approximate surface area is 119 Å². The number of nitrogens with one attached hydrogen (secondary N) is 1. The summed E-state index contributed by atoms with van der Waals surface area (Å²) in [6.07, 6.45) is 3.79. The first-order chi connectivity index (χ1) is 8.65. The lowest BCUT2D eigenvalue weighted by molar-refractivity contribution is 0.0381. The Kier molecular flexibility index (Phi) is 5.84. The molecular formula is C16H34N2O. The van der Waals surface area contributed by atoms with Crippen LogP contribution < -0.4 is 5.32 Å². The van der Waals surface area contributed by atoms with E-state index >= 15 is 0 Å². The van der Waals surface area contributed by atoms with E-state index in [1.807, 2.05) is 13.8 Å². The molecule has 0 bridgehead atoms. The summed E-state index contributed by atoms with van der Waals surface area (Å²) in [4.78, 5) is 2.28. The first kappa shape index (κ1) is 16.9. The standard InChI is InChI=1S/C16H34N2O/c1-7-10-17-14-13(8-9-15(14,2)3)11-18(6)12-16(4,5)19/h13-14,17,19H,7-12H2,1-6H3. The van der Waals surface area contributed by atoms with Gasteiger partial charge in [-0.25, -0.2) is 0 Å². The quantitative estimate of drug-likeness (QED) is 0.746. The molecule has 0 radical (unpaired) electrons. The second-order valence-electron chi connectivity index (χ2n) is 7.73. The molecule has 0 aromatic heterocycles. The second-order valence-corrected chi connectivity index (χ2v) is 7.73. The predicted octanol–water partition coefficient (Wildman–Crippen LogP) is 2.49. The molecule has 0 aliphatic heterocycles. The molecule has 1 fully saturated rings. The minimum atomic E-state index is -0.602. The van der Waals surface area contributed by atoms with Crippen LogP contribution >= 0.6 is 0 Å². The van der Waals surface area contributed by atoms with Crippen molar-refractivity contribution >= 4 is 0 Å². The molecule has 19 heavy (non-hydrogen) atoms. The van der Waals surface area contributed by atoms with E-state index in [2.05, 4.69) is 38.0 Å². The maximum atomic E-state index is 9.91. The zero-order valence-corrected chi connectivity index (χ0v) is 13.8. The molecular weight excluding hydrogens is 236 g/mol. The van der Waals surface area contributed by atoms with E-state index in [4.69, 9.17) is 0 Å². The molecule has 1 aliphatic rings. The van der Waals surface area contributed by atoms with Crippen LogP contribution in [-0.4, -0.2) is 48.3 Å². The lowest BCUT2D eigenvalue weighted by atomic mass is 9.84. The van der Waals surface area contributed by atoms with Gasteiger partial charge in [-0.05, 0) is 58.0 Å². The summed E-state index contributed by atoms with van der Waals surface area (Å²) in [6, 6.07) is 0.608. The highest BCUT2D eigenvalue weighted by Crippen LogP contribution is 2.41. The van der Waals surface area contributed by atoms with Gasteiger partial charge in [-0.2, -0.15) is 0 Å². The van der Waals surface area contributed by atoms with Gasteiger partial charge >= 0.3 is 0 Å². The van der Waals surface area contributed by atoms with Crippen LogP contribution in [0.2, 0.25) is 0 Å². The molecule has 0 aromatic rings. The molecule has 3 nitrogen and oxygen atoms in total. The topological polar surface area (TPSA) is 35.5 Å². The van der Waals surface area contributed by atoms with Crippen molar-refractivity contribution in [2.75, 3.05) is 26.7 Å². The largest absolute Gasteiger partial charge is 0.389 e. The van der Waals surface area contributed by atoms with Crippen molar-refractivity contribution in [2.45, 2.75) is 65.5 Å². The average molecular weight is 270 g/mol. The van der Waals surface area contributed by atoms with Crippen LogP contribution in [0.1, 0.15) is 53.9 Å². The number of nitrogens with zero attached hydrogens (tertiary/aromatic N) is 1. The molecule has 1 rings (SSSR count).